The standard InChI is InChI=1S/C34H34F7N3O3S/c1-5-47-30(46)32(8-10-43-11-9-32)16-26-25(17-42)28(29(48-26)24-7-6-23(35)12-19(24)2)44-18-27(45)31(3,4)20-13-21(33(36,37)38)15-22(14-20)34(39,40)41/h6-7,12-15,43-44H,5,8-11,16,18H2,1-4H3. The molecule has 1 saturated heterocycles. The summed E-state index contributed by atoms with van der Waals surface area (Å²) in [4.78, 5) is 27.8. The molecule has 0 radical (unpaired) electrons. The number of halogens is 7. The summed E-state index contributed by atoms with van der Waals surface area (Å²) in [5, 5.41) is 16.5. The lowest BCUT2D eigenvalue weighted by atomic mass is 9.75. The van der Waals surface area contributed by atoms with E-state index in [2.05, 4.69) is 16.7 Å². The fourth-order valence-electron chi connectivity index (χ4n) is 5.78. The van der Waals surface area contributed by atoms with Crippen molar-refractivity contribution < 1.29 is 45.1 Å². The number of aryl methyl sites for hydroxylation is 1. The van der Waals surface area contributed by atoms with Crippen LogP contribution < -0.4 is 10.6 Å². The molecule has 1 fully saturated rings. The van der Waals surface area contributed by atoms with Gasteiger partial charge in [-0.2, -0.15) is 31.6 Å². The summed E-state index contributed by atoms with van der Waals surface area (Å²) in [6, 6.07) is 7.22. The zero-order valence-electron chi connectivity index (χ0n) is 26.6. The van der Waals surface area contributed by atoms with E-state index >= 15 is 0 Å². The Morgan fingerprint density at radius 1 is 1.00 bits per heavy atom. The van der Waals surface area contributed by atoms with Crippen LogP contribution in [0.25, 0.3) is 10.4 Å². The van der Waals surface area contributed by atoms with Gasteiger partial charge in [0.1, 0.15) is 11.9 Å². The Morgan fingerprint density at radius 3 is 2.10 bits per heavy atom. The number of anilines is 1. The molecule has 48 heavy (non-hydrogen) atoms. The number of piperidine rings is 1. The van der Waals surface area contributed by atoms with Crippen molar-refractivity contribution in [1.82, 2.24) is 5.32 Å². The number of ketones is 1. The molecule has 4 rings (SSSR count). The van der Waals surface area contributed by atoms with E-state index in [4.69, 9.17) is 4.74 Å². The molecular formula is C34H34F7N3O3S. The Labute approximate surface area is 277 Å². The van der Waals surface area contributed by atoms with Gasteiger partial charge in [-0.15, -0.1) is 11.3 Å². The number of ether oxygens (including phenoxy) is 1. The number of alkyl halides is 6. The molecule has 0 spiro atoms. The number of nitrogens with one attached hydrogen (secondary N) is 2. The van der Waals surface area contributed by atoms with Gasteiger partial charge in [0.25, 0.3) is 0 Å². The summed E-state index contributed by atoms with van der Waals surface area (Å²) in [5.41, 5.74) is -5.00. The smallest absolute Gasteiger partial charge is 0.416 e. The minimum Gasteiger partial charge on any atom is -0.466 e. The second-order valence-electron chi connectivity index (χ2n) is 12.3. The number of esters is 1. The van der Waals surface area contributed by atoms with E-state index in [1.165, 1.54) is 43.4 Å². The highest BCUT2D eigenvalue weighted by Gasteiger charge is 2.43. The van der Waals surface area contributed by atoms with Gasteiger partial charge in [0.2, 0.25) is 0 Å². The van der Waals surface area contributed by atoms with Gasteiger partial charge in [0.05, 0.1) is 51.2 Å². The maximum Gasteiger partial charge on any atom is 0.416 e. The summed E-state index contributed by atoms with van der Waals surface area (Å²) < 4.78 is 101. The van der Waals surface area contributed by atoms with Crippen molar-refractivity contribution in [2.75, 3.05) is 31.6 Å². The number of thiophene rings is 1. The fraction of sp³-hybridized carbons (Fsp3) is 0.441. The lowest BCUT2D eigenvalue weighted by Gasteiger charge is -2.35. The molecule has 1 aliphatic heterocycles. The Kier molecular flexibility index (Phi) is 10.7. The molecule has 14 heteroatoms. The number of benzene rings is 2. The number of carbonyl (C=O) groups is 2. The number of nitrogens with zero attached hydrogens (tertiary/aromatic N) is 1. The van der Waals surface area contributed by atoms with Gasteiger partial charge in [-0.3, -0.25) is 9.59 Å². The number of rotatable bonds is 10. The van der Waals surface area contributed by atoms with Crippen molar-refractivity contribution in [1.29, 1.82) is 5.26 Å². The number of carbonyl (C=O) groups excluding carboxylic acids is 2. The van der Waals surface area contributed by atoms with E-state index in [0.717, 1.165) is 0 Å². The first kappa shape index (κ1) is 36.9. The monoisotopic (exact) mass is 697 g/mol. The lowest BCUT2D eigenvalue weighted by Crippen LogP contribution is -2.44. The third kappa shape index (κ3) is 7.68. The maximum atomic E-state index is 14.1. The average molecular weight is 698 g/mol. The van der Waals surface area contributed by atoms with Gasteiger partial charge in [-0.25, -0.2) is 4.39 Å². The normalized spacial score (nSPS) is 15.1. The van der Waals surface area contributed by atoms with Crippen LogP contribution in [-0.2, 0) is 38.5 Å². The first-order valence-electron chi connectivity index (χ1n) is 15.1. The van der Waals surface area contributed by atoms with Crippen LogP contribution in [0.2, 0.25) is 0 Å². The van der Waals surface area contributed by atoms with E-state index in [9.17, 15) is 45.6 Å². The predicted octanol–water partition coefficient (Wildman–Crippen LogP) is 8.21. The highest BCUT2D eigenvalue weighted by molar-refractivity contribution is 7.16. The minimum absolute atomic E-state index is 0.00285. The van der Waals surface area contributed by atoms with Crippen molar-refractivity contribution in [2.45, 2.75) is 64.7 Å². The largest absolute Gasteiger partial charge is 0.466 e. The molecular weight excluding hydrogens is 663 g/mol. The lowest BCUT2D eigenvalue weighted by molar-refractivity contribution is -0.157. The molecule has 0 aliphatic carbocycles. The SMILES string of the molecule is CCOC(=O)C1(Cc2sc(-c3ccc(F)cc3C)c(NCC(=O)C(C)(C)c3cc(C(F)(F)F)cc(C(F)(F)F)c3)c2C#N)CCNCC1. The zero-order chi connectivity index (χ0) is 35.7. The maximum absolute atomic E-state index is 14.1. The molecule has 2 heterocycles. The van der Waals surface area contributed by atoms with Crippen LogP contribution in [0.15, 0.2) is 36.4 Å². The average Bonchev–Trinajstić information content (AvgIpc) is 3.35. The first-order valence-corrected chi connectivity index (χ1v) is 15.9. The fourth-order valence-corrected chi connectivity index (χ4v) is 7.24. The van der Waals surface area contributed by atoms with E-state index < -0.39 is 64.0 Å². The second-order valence-corrected chi connectivity index (χ2v) is 13.4. The molecule has 2 aromatic carbocycles. The van der Waals surface area contributed by atoms with E-state index in [-0.39, 0.29) is 30.3 Å². The summed E-state index contributed by atoms with van der Waals surface area (Å²) in [5.74, 6) is -1.67. The molecule has 0 unspecified atom stereocenters. The number of hydrogen-bond donors (Lipinski definition) is 2. The van der Waals surface area contributed by atoms with Gasteiger partial charge in [-0.1, -0.05) is 6.07 Å². The molecule has 2 N–H and O–H groups in total. The van der Waals surface area contributed by atoms with Crippen molar-refractivity contribution in [3.63, 3.8) is 0 Å². The number of hydrogen-bond acceptors (Lipinski definition) is 7. The first-order chi connectivity index (χ1) is 22.3. The van der Waals surface area contributed by atoms with Crippen LogP contribution in [0.1, 0.15) is 66.3 Å². The van der Waals surface area contributed by atoms with Gasteiger partial charge >= 0.3 is 18.3 Å². The molecule has 0 bridgehead atoms. The van der Waals surface area contributed by atoms with E-state index in [0.29, 0.717) is 58.9 Å². The third-order valence-corrected chi connectivity index (χ3v) is 9.95. The Bertz CT molecular complexity index is 1700. The van der Waals surface area contributed by atoms with E-state index in [1.54, 1.807) is 13.8 Å². The zero-order valence-corrected chi connectivity index (χ0v) is 27.5. The Hall–Kier alpha value is -3.96. The van der Waals surface area contributed by atoms with Crippen molar-refractivity contribution in [3.8, 4) is 16.5 Å². The number of Topliss-reactive ketones (excluding diaryl/α,β-unsaturated/α-hetero) is 1. The van der Waals surface area contributed by atoms with Gasteiger partial charge < -0.3 is 15.4 Å². The Morgan fingerprint density at radius 2 is 1.58 bits per heavy atom. The number of nitriles is 1. The highest BCUT2D eigenvalue weighted by atomic mass is 32.1. The molecule has 1 aliphatic rings. The summed E-state index contributed by atoms with van der Waals surface area (Å²) >= 11 is 1.18. The third-order valence-electron chi connectivity index (χ3n) is 8.73. The second kappa shape index (κ2) is 13.9. The minimum atomic E-state index is -5.10. The molecule has 3 aromatic rings. The summed E-state index contributed by atoms with van der Waals surface area (Å²) in [7, 11) is 0. The van der Waals surface area contributed by atoms with Crippen LogP contribution in [-0.4, -0.2) is 38.0 Å². The van der Waals surface area contributed by atoms with Gasteiger partial charge in [-0.05, 0) is 107 Å². The van der Waals surface area contributed by atoms with Crippen molar-refractivity contribution >= 4 is 28.8 Å². The molecule has 0 amide bonds. The molecule has 0 saturated carbocycles. The van der Waals surface area contributed by atoms with Gasteiger partial charge in [0.15, 0.2) is 5.78 Å². The van der Waals surface area contributed by atoms with Crippen molar-refractivity contribution in [2.24, 2.45) is 5.41 Å². The molecule has 6 nitrogen and oxygen atoms in total. The van der Waals surface area contributed by atoms with Crippen LogP contribution in [0.3, 0.4) is 0 Å². The molecule has 1 aromatic heterocycles. The van der Waals surface area contributed by atoms with Crippen LogP contribution >= 0.6 is 11.3 Å². The summed E-state index contributed by atoms with van der Waals surface area (Å²) in [6.07, 6.45) is -9.18. The summed E-state index contributed by atoms with van der Waals surface area (Å²) in [6.45, 7) is 6.45. The Balaban J connectivity index is 1.77. The predicted molar refractivity (Wildman–Crippen MR) is 167 cm³/mol. The van der Waals surface area contributed by atoms with Crippen LogP contribution in [0.4, 0.5) is 36.4 Å². The highest BCUT2D eigenvalue weighted by Crippen LogP contribution is 2.46. The molecule has 258 valence electrons. The topological polar surface area (TPSA) is 91.2 Å². The van der Waals surface area contributed by atoms with Crippen LogP contribution in [0, 0.1) is 29.5 Å². The van der Waals surface area contributed by atoms with Gasteiger partial charge in [0, 0.05) is 4.88 Å². The van der Waals surface area contributed by atoms with Crippen molar-refractivity contribution in [3.05, 3.63) is 74.9 Å². The molecule has 0 atom stereocenters. The quantitative estimate of drug-likeness (QED) is 0.164. The van der Waals surface area contributed by atoms with E-state index in [1.807, 2.05) is 0 Å². The van der Waals surface area contributed by atoms with Crippen LogP contribution in [0.5, 0.6) is 0 Å².